The Hall–Kier alpha value is -3.28. The van der Waals surface area contributed by atoms with Gasteiger partial charge in [-0.1, -0.05) is 60.3 Å². The molecule has 0 bridgehead atoms. The van der Waals surface area contributed by atoms with Gasteiger partial charge in [-0.05, 0) is 18.6 Å². The minimum atomic E-state index is -0.918. The number of hydrogen-bond acceptors (Lipinski definition) is 8. The predicted octanol–water partition coefficient (Wildman–Crippen LogP) is 5.14. The molecule has 0 spiro atoms. The Morgan fingerprint density at radius 2 is 1.93 bits per heavy atom. The number of rotatable bonds is 7. The molecule has 0 aliphatic rings. The summed E-state index contributed by atoms with van der Waals surface area (Å²) < 4.78 is 5.67. The number of benzene rings is 2. The predicted molar refractivity (Wildman–Crippen MR) is 116 cm³/mol. The largest absolute Gasteiger partial charge is 0.411 e. The molecule has 6 nitrogen and oxygen atoms in total. The quantitative estimate of drug-likeness (QED) is 0.373. The Labute approximate surface area is 181 Å². The molecule has 148 valence electrons. The van der Waals surface area contributed by atoms with Crippen LogP contribution >= 0.6 is 23.1 Å². The maximum absolute atomic E-state index is 12.7. The summed E-state index contributed by atoms with van der Waals surface area (Å²) in [6.07, 6.45) is 0. The van der Waals surface area contributed by atoms with Crippen LogP contribution in [0.1, 0.15) is 16.5 Å². The molecule has 2 heterocycles. The topological polar surface area (TPSA) is 92.7 Å². The number of aromatic nitrogens is 3. The summed E-state index contributed by atoms with van der Waals surface area (Å²) in [5.41, 5.74) is 3.59. The third-order valence-corrected chi connectivity index (χ3v) is 6.16. The molecule has 1 unspecified atom stereocenters. The normalized spacial score (nSPS) is 11.7. The highest BCUT2D eigenvalue weighted by Crippen LogP contribution is 2.29. The van der Waals surface area contributed by atoms with Crippen LogP contribution in [0.3, 0.4) is 0 Å². The molecule has 4 rings (SSSR count). The summed E-state index contributed by atoms with van der Waals surface area (Å²) in [5.74, 6) is -0.702. The molecule has 30 heavy (non-hydrogen) atoms. The molecule has 0 radical (unpaired) electrons. The highest BCUT2D eigenvalue weighted by atomic mass is 32.2. The van der Waals surface area contributed by atoms with Gasteiger partial charge in [0.25, 0.3) is 5.22 Å². The first kappa shape index (κ1) is 20.0. The van der Waals surface area contributed by atoms with Crippen LogP contribution in [-0.2, 0) is 4.79 Å². The van der Waals surface area contributed by atoms with E-state index in [2.05, 4.69) is 21.3 Å². The summed E-state index contributed by atoms with van der Waals surface area (Å²) in [6, 6.07) is 19.4. The van der Waals surface area contributed by atoms with Crippen molar-refractivity contribution in [2.45, 2.75) is 18.1 Å². The fourth-order valence-corrected chi connectivity index (χ4v) is 4.39. The molecule has 0 N–H and O–H groups in total. The van der Waals surface area contributed by atoms with Crippen molar-refractivity contribution in [1.82, 2.24) is 15.2 Å². The number of nitriles is 1. The van der Waals surface area contributed by atoms with Crippen molar-refractivity contribution in [1.29, 1.82) is 5.26 Å². The van der Waals surface area contributed by atoms with Crippen molar-refractivity contribution in [2.24, 2.45) is 0 Å². The van der Waals surface area contributed by atoms with Crippen LogP contribution in [0.15, 0.2) is 69.6 Å². The number of Topliss-reactive ketones (excluding diaryl/α,β-unsaturated/α-hetero) is 1. The lowest BCUT2D eigenvalue weighted by atomic mass is 10.1. The van der Waals surface area contributed by atoms with Gasteiger partial charge in [0, 0.05) is 16.5 Å². The Kier molecular flexibility index (Phi) is 6.02. The van der Waals surface area contributed by atoms with Crippen molar-refractivity contribution in [3.05, 3.63) is 70.5 Å². The molecular formula is C22H16N4O2S2. The SMILES string of the molecule is Cc1ccccc1-c1nnc(SCC(=O)C(C#N)c2nc(-c3ccccc3)cs2)o1. The lowest BCUT2D eigenvalue weighted by Crippen LogP contribution is -2.13. The summed E-state index contributed by atoms with van der Waals surface area (Å²) in [7, 11) is 0. The molecule has 8 heteroatoms. The number of thiazole rings is 1. The molecule has 2 aromatic heterocycles. The molecule has 0 saturated carbocycles. The first-order valence-electron chi connectivity index (χ1n) is 9.11. The fourth-order valence-electron chi connectivity index (χ4n) is 2.83. The van der Waals surface area contributed by atoms with E-state index >= 15 is 0 Å². The number of nitrogens with zero attached hydrogens (tertiary/aromatic N) is 4. The van der Waals surface area contributed by atoms with Gasteiger partial charge in [-0.2, -0.15) is 5.26 Å². The van der Waals surface area contributed by atoms with Crippen molar-refractivity contribution >= 4 is 28.9 Å². The van der Waals surface area contributed by atoms with Crippen molar-refractivity contribution < 1.29 is 9.21 Å². The van der Waals surface area contributed by atoms with E-state index in [0.717, 1.165) is 34.1 Å². The fraction of sp³-hybridized carbons (Fsp3) is 0.136. The molecule has 2 aromatic carbocycles. The second-order valence-electron chi connectivity index (χ2n) is 6.44. The van der Waals surface area contributed by atoms with Crippen LogP contribution in [-0.4, -0.2) is 26.7 Å². The smallest absolute Gasteiger partial charge is 0.277 e. The lowest BCUT2D eigenvalue weighted by molar-refractivity contribution is -0.116. The van der Waals surface area contributed by atoms with Crippen LogP contribution in [0, 0.1) is 18.3 Å². The van der Waals surface area contributed by atoms with E-state index in [-0.39, 0.29) is 11.5 Å². The third kappa shape index (κ3) is 4.32. The average molecular weight is 433 g/mol. The Morgan fingerprint density at radius 3 is 2.70 bits per heavy atom. The minimum absolute atomic E-state index is 0.0495. The van der Waals surface area contributed by atoms with E-state index in [4.69, 9.17) is 4.42 Å². The highest BCUT2D eigenvalue weighted by Gasteiger charge is 2.25. The van der Waals surface area contributed by atoms with Gasteiger partial charge in [0.05, 0.1) is 17.5 Å². The Balaban J connectivity index is 1.43. The lowest BCUT2D eigenvalue weighted by Gasteiger charge is -2.03. The van der Waals surface area contributed by atoms with Gasteiger partial charge in [-0.15, -0.1) is 21.5 Å². The van der Waals surface area contributed by atoms with Gasteiger partial charge in [0.15, 0.2) is 11.7 Å². The second-order valence-corrected chi connectivity index (χ2v) is 8.26. The van der Waals surface area contributed by atoms with Crippen LogP contribution in [0.25, 0.3) is 22.7 Å². The standard InChI is InChI=1S/C22H16N4O2S2/c1-14-7-5-6-10-16(14)20-25-26-22(28-20)30-13-19(27)17(11-23)21-24-18(12-29-21)15-8-3-2-4-9-15/h2-10,12,17H,13H2,1H3. The van der Waals surface area contributed by atoms with Gasteiger partial charge in [-0.25, -0.2) is 4.98 Å². The molecule has 0 aliphatic heterocycles. The van der Waals surface area contributed by atoms with Crippen LogP contribution < -0.4 is 0 Å². The molecule has 0 amide bonds. The average Bonchev–Trinajstić information content (AvgIpc) is 3.44. The number of aryl methyl sites for hydroxylation is 1. The Bertz CT molecular complexity index is 1210. The second kappa shape index (κ2) is 9.03. The summed E-state index contributed by atoms with van der Waals surface area (Å²) >= 11 is 2.44. The minimum Gasteiger partial charge on any atom is -0.411 e. The van der Waals surface area contributed by atoms with E-state index in [9.17, 15) is 10.1 Å². The van der Waals surface area contributed by atoms with E-state index in [1.54, 1.807) is 0 Å². The van der Waals surface area contributed by atoms with Gasteiger partial charge in [0.1, 0.15) is 5.01 Å². The summed E-state index contributed by atoms with van der Waals surface area (Å²) in [6.45, 7) is 1.96. The number of carbonyl (C=O) groups is 1. The maximum Gasteiger partial charge on any atom is 0.277 e. The molecule has 0 saturated heterocycles. The van der Waals surface area contributed by atoms with E-state index < -0.39 is 5.92 Å². The highest BCUT2D eigenvalue weighted by molar-refractivity contribution is 7.99. The zero-order chi connectivity index (χ0) is 20.9. The van der Waals surface area contributed by atoms with Gasteiger partial charge < -0.3 is 4.42 Å². The number of carbonyl (C=O) groups excluding carboxylic acids is 1. The number of hydrogen-bond donors (Lipinski definition) is 0. The van der Waals surface area contributed by atoms with Gasteiger partial charge in [0.2, 0.25) is 5.89 Å². The van der Waals surface area contributed by atoms with E-state index in [1.165, 1.54) is 11.3 Å². The molecule has 4 aromatic rings. The first-order chi connectivity index (χ1) is 14.7. The van der Waals surface area contributed by atoms with Gasteiger partial charge >= 0.3 is 0 Å². The van der Waals surface area contributed by atoms with Crippen molar-refractivity contribution in [3.8, 4) is 28.8 Å². The van der Waals surface area contributed by atoms with E-state index in [1.807, 2.05) is 66.9 Å². The molecule has 0 aliphatic carbocycles. The third-order valence-electron chi connectivity index (χ3n) is 4.41. The summed E-state index contributed by atoms with van der Waals surface area (Å²) in [4.78, 5) is 17.2. The summed E-state index contributed by atoms with van der Waals surface area (Å²) in [5, 5.41) is 20.3. The van der Waals surface area contributed by atoms with Crippen molar-refractivity contribution in [3.63, 3.8) is 0 Å². The molecular weight excluding hydrogens is 416 g/mol. The van der Waals surface area contributed by atoms with Crippen LogP contribution in [0.2, 0.25) is 0 Å². The first-order valence-corrected chi connectivity index (χ1v) is 11.0. The zero-order valence-electron chi connectivity index (χ0n) is 16.0. The van der Waals surface area contributed by atoms with Crippen molar-refractivity contribution in [2.75, 3.05) is 5.75 Å². The Morgan fingerprint density at radius 1 is 1.17 bits per heavy atom. The molecule has 0 fully saturated rings. The molecule has 1 atom stereocenters. The monoisotopic (exact) mass is 432 g/mol. The van der Waals surface area contributed by atoms with Crippen LogP contribution in [0.5, 0.6) is 0 Å². The van der Waals surface area contributed by atoms with Gasteiger partial charge in [-0.3, -0.25) is 4.79 Å². The zero-order valence-corrected chi connectivity index (χ0v) is 17.6. The van der Waals surface area contributed by atoms with E-state index in [0.29, 0.717) is 16.1 Å². The maximum atomic E-state index is 12.7. The number of thioether (sulfide) groups is 1. The van der Waals surface area contributed by atoms with Crippen LogP contribution in [0.4, 0.5) is 0 Å². The number of ketones is 1.